The molecule has 0 saturated carbocycles. The number of rotatable bonds is 2. The van der Waals surface area contributed by atoms with Gasteiger partial charge >= 0.3 is 0 Å². The summed E-state index contributed by atoms with van der Waals surface area (Å²) in [7, 11) is 0. The fourth-order valence-corrected chi connectivity index (χ4v) is 1.23. The second-order valence-corrected chi connectivity index (χ2v) is 4.48. The van der Waals surface area contributed by atoms with Crippen molar-refractivity contribution in [3.8, 4) is 0 Å². The van der Waals surface area contributed by atoms with E-state index >= 15 is 0 Å². The van der Waals surface area contributed by atoms with E-state index < -0.39 is 0 Å². The average molecular weight is 194 g/mol. The summed E-state index contributed by atoms with van der Waals surface area (Å²) in [5, 5.41) is 0. The number of ketones is 1. The van der Waals surface area contributed by atoms with Gasteiger partial charge in [0, 0.05) is 17.9 Å². The zero-order chi connectivity index (χ0) is 10.8. The first-order valence-corrected chi connectivity index (χ1v) is 4.94. The largest absolute Gasteiger partial charge is 0.363 e. The Labute approximate surface area is 85.5 Å². The van der Waals surface area contributed by atoms with Crippen LogP contribution in [0.1, 0.15) is 27.7 Å². The summed E-state index contributed by atoms with van der Waals surface area (Å²) in [5.74, 6) is 0.543. The summed E-state index contributed by atoms with van der Waals surface area (Å²) in [6.45, 7) is 9.01. The van der Waals surface area contributed by atoms with E-state index in [2.05, 4.69) is 32.7 Å². The van der Waals surface area contributed by atoms with E-state index in [0.717, 1.165) is 0 Å². The quantitative estimate of drug-likeness (QED) is 0.672. The molecule has 3 nitrogen and oxygen atoms in total. The van der Waals surface area contributed by atoms with Crippen molar-refractivity contribution in [2.45, 2.75) is 33.2 Å². The SMILES string of the molecule is CC(C)C(C)(C)N1C=CN=CC(=O)C1. The van der Waals surface area contributed by atoms with E-state index in [4.69, 9.17) is 0 Å². The van der Waals surface area contributed by atoms with Gasteiger partial charge in [-0.2, -0.15) is 0 Å². The highest BCUT2D eigenvalue weighted by Crippen LogP contribution is 2.24. The van der Waals surface area contributed by atoms with Gasteiger partial charge < -0.3 is 4.90 Å². The molecule has 78 valence electrons. The second kappa shape index (κ2) is 3.95. The van der Waals surface area contributed by atoms with Crippen molar-refractivity contribution in [2.24, 2.45) is 10.9 Å². The first-order chi connectivity index (χ1) is 6.44. The van der Waals surface area contributed by atoms with E-state index in [1.54, 1.807) is 6.20 Å². The molecule has 1 aliphatic heterocycles. The van der Waals surface area contributed by atoms with E-state index in [-0.39, 0.29) is 11.3 Å². The van der Waals surface area contributed by atoms with Gasteiger partial charge in [-0.15, -0.1) is 0 Å². The van der Waals surface area contributed by atoms with Crippen LogP contribution in [0.2, 0.25) is 0 Å². The van der Waals surface area contributed by atoms with Crippen molar-refractivity contribution in [1.82, 2.24) is 4.90 Å². The topological polar surface area (TPSA) is 32.7 Å². The lowest BCUT2D eigenvalue weighted by molar-refractivity contribution is -0.114. The van der Waals surface area contributed by atoms with Crippen LogP contribution < -0.4 is 0 Å². The van der Waals surface area contributed by atoms with Crippen molar-refractivity contribution in [1.29, 1.82) is 0 Å². The Balaban J connectivity index is 2.83. The molecule has 0 bridgehead atoms. The predicted octanol–water partition coefficient (Wildman–Crippen LogP) is 1.85. The van der Waals surface area contributed by atoms with Crippen LogP contribution in [0.3, 0.4) is 0 Å². The maximum atomic E-state index is 11.3. The maximum absolute atomic E-state index is 11.3. The Morgan fingerprint density at radius 1 is 1.50 bits per heavy atom. The third-order valence-corrected chi connectivity index (χ3v) is 3.03. The molecular weight excluding hydrogens is 176 g/mol. The van der Waals surface area contributed by atoms with Gasteiger partial charge in [-0.1, -0.05) is 13.8 Å². The zero-order valence-corrected chi connectivity index (χ0v) is 9.32. The molecule has 0 atom stereocenters. The number of nitrogens with zero attached hydrogens (tertiary/aromatic N) is 2. The molecule has 0 N–H and O–H groups in total. The van der Waals surface area contributed by atoms with Gasteiger partial charge in [0.2, 0.25) is 0 Å². The van der Waals surface area contributed by atoms with Crippen LogP contribution in [0, 0.1) is 5.92 Å². The van der Waals surface area contributed by atoms with E-state index in [0.29, 0.717) is 12.5 Å². The molecule has 0 radical (unpaired) electrons. The van der Waals surface area contributed by atoms with E-state index in [1.165, 1.54) is 6.21 Å². The third kappa shape index (κ3) is 2.22. The van der Waals surface area contributed by atoms with Crippen LogP contribution in [-0.4, -0.2) is 29.0 Å². The molecule has 0 aliphatic carbocycles. The molecular formula is C11H18N2O. The summed E-state index contributed by atoms with van der Waals surface area (Å²) in [5.41, 5.74) is -0.0140. The zero-order valence-electron chi connectivity index (χ0n) is 9.32. The Kier molecular flexibility index (Phi) is 3.09. The van der Waals surface area contributed by atoms with Crippen LogP contribution in [0.4, 0.5) is 0 Å². The highest BCUT2D eigenvalue weighted by Gasteiger charge is 2.29. The minimum absolute atomic E-state index is 0.0140. The number of aliphatic imine (C=N–C) groups is 1. The van der Waals surface area contributed by atoms with Gasteiger partial charge in [-0.3, -0.25) is 9.79 Å². The molecule has 14 heavy (non-hydrogen) atoms. The first kappa shape index (κ1) is 11.0. The van der Waals surface area contributed by atoms with Crippen LogP contribution in [0.5, 0.6) is 0 Å². The summed E-state index contributed by atoms with van der Waals surface area (Å²) in [4.78, 5) is 17.3. The van der Waals surface area contributed by atoms with Gasteiger partial charge in [0.1, 0.15) is 0 Å². The van der Waals surface area contributed by atoms with Gasteiger partial charge in [-0.05, 0) is 19.8 Å². The Morgan fingerprint density at radius 2 is 2.14 bits per heavy atom. The molecule has 0 unspecified atom stereocenters. The lowest BCUT2D eigenvalue weighted by Gasteiger charge is -2.40. The Bertz CT molecular complexity index is 277. The maximum Gasteiger partial charge on any atom is 0.193 e. The summed E-state index contributed by atoms with van der Waals surface area (Å²) < 4.78 is 0. The Morgan fingerprint density at radius 3 is 2.71 bits per heavy atom. The number of carbonyl (C=O) groups excluding carboxylic acids is 1. The van der Waals surface area contributed by atoms with Crippen molar-refractivity contribution in [3.63, 3.8) is 0 Å². The molecule has 1 rings (SSSR count). The number of Topliss-reactive ketones (excluding diaryl/α,β-unsaturated/α-hetero) is 1. The highest BCUT2D eigenvalue weighted by atomic mass is 16.1. The minimum Gasteiger partial charge on any atom is -0.363 e. The van der Waals surface area contributed by atoms with Crippen LogP contribution in [0.25, 0.3) is 0 Å². The van der Waals surface area contributed by atoms with E-state index in [9.17, 15) is 4.79 Å². The molecule has 1 heterocycles. The molecule has 0 fully saturated rings. The number of hydrogen-bond acceptors (Lipinski definition) is 3. The van der Waals surface area contributed by atoms with Crippen molar-refractivity contribution < 1.29 is 4.79 Å². The highest BCUT2D eigenvalue weighted by molar-refractivity contribution is 6.28. The number of carbonyl (C=O) groups is 1. The molecule has 0 amide bonds. The van der Waals surface area contributed by atoms with Gasteiger partial charge in [-0.25, -0.2) is 0 Å². The van der Waals surface area contributed by atoms with Crippen molar-refractivity contribution in [3.05, 3.63) is 12.4 Å². The van der Waals surface area contributed by atoms with Crippen LogP contribution in [0.15, 0.2) is 17.4 Å². The lowest BCUT2D eigenvalue weighted by Crippen LogP contribution is -2.46. The average Bonchev–Trinajstić information content (AvgIpc) is 2.29. The fourth-order valence-electron chi connectivity index (χ4n) is 1.23. The van der Waals surface area contributed by atoms with Crippen LogP contribution in [-0.2, 0) is 4.79 Å². The molecule has 0 aromatic heterocycles. The smallest absolute Gasteiger partial charge is 0.193 e. The van der Waals surface area contributed by atoms with Gasteiger partial charge in [0.15, 0.2) is 5.78 Å². The lowest BCUT2D eigenvalue weighted by atomic mass is 9.89. The molecule has 0 spiro atoms. The Hall–Kier alpha value is -1.12. The predicted molar refractivity (Wildman–Crippen MR) is 58.3 cm³/mol. The molecule has 3 heteroatoms. The van der Waals surface area contributed by atoms with Crippen molar-refractivity contribution >= 4 is 12.0 Å². The monoisotopic (exact) mass is 194 g/mol. The van der Waals surface area contributed by atoms with E-state index in [1.807, 2.05) is 11.1 Å². The third-order valence-electron chi connectivity index (χ3n) is 3.03. The second-order valence-electron chi connectivity index (χ2n) is 4.48. The fraction of sp³-hybridized carbons (Fsp3) is 0.636. The van der Waals surface area contributed by atoms with Gasteiger partial charge in [0.25, 0.3) is 0 Å². The first-order valence-electron chi connectivity index (χ1n) is 4.94. The van der Waals surface area contributed by atoms with Crippen LogP contribution >= 0.6 is 0 Å². The van der Waals surface area contributed by atoms with Crippen molar-refractivity contribution in [2.75, 3.05) is 6.54 Å². The summed E-state index contributed by atoms with van der Waals surface area (Å²) in [6, 6.07) is 0. The number of hydrogen-bond donors (Lipinski definition) is 0. The normalized spacial score (nSPS) is 17.8. The molecule has 1 aliphatic rings. The molecule has 0 aromatic rings. The summed E-state index contributed by atoms with van der Waals surface area (Å²) in [6.07, 6.45) is 4.95. The van der Waals surface area contributed by atoms with Gasteiger partial charge in [0.05, 0.1) is 12.8 Å². The standard InChI is InChI=1S/C11H18N2O/c1-9(2)11(3,4)13-6-5-12-7-10(14)8-13/h5-7,9H,8H2,1-4H3. The minimum atomic E-state index is -0.0140. The summed E-state index contributed by atoms with van der Waals surface area (Å²) >= 11 is 0. The molecule has 0 aromatic carbocycles. The molecule has 0 saturated heterocycles.